The molecule has 3 nitrogen and oxygen atoms in total. The fourth-order valence-electron chi connectivity index (χ4n) is 1.73. The number of carbonyl (C=O) groups excluding carboxylic acids is 1. The Bertz CT molecular complexity index is 457. The Kier molecular flexibility index (Phi) is 7.38. The summed E-state index contributed by atoms with van der Waals surface area (Å²) in [5, 5.41) is 11.5. The average molecular weight is 259 g/mol. The highest BCUT2D eigenvalue weighted by Gasteiger charge is 2.01. The first-order valence-electron chi connectivity index (χ1n) is 6.71. The lowest BCUT2D eigenvalue weighted by Gasteiger charge is -2.05. The molecule has 1 aromatic rings. The largest absolute Gasteiger partial charge is 0.384 e. The van der Waals surface area contributed by atoms with Gasteiger partial charge in [0.25, 0.3) is 0 Å². The summed E-state index contributed by atoms with van der Waals surface area (Å²) in [6, 6.07) is 7.67. The average Bonchev–Trinajstić information content (AvgIpc) is 2.44. The number of nitrogens with one attached hydrogen (secondary N) is 1. The predicted molar refractivity (Wildman–Crippen MR) is 76.4 cm³/mol. The lowest BCUT2D eigenvalue weighted by atomic mass is 10.1. The Morgan fingerprint density at radius 1 is 1.37 bits per heavy atom. The molecule has 0 radical (unpaired) electrons. The van der Waals surface area contributed by atoms with Crippen molar-refractivity contribution >= 4 is 5.91 Å². The van der Waals surface area contributed by atoms with Crippen LogP contribution in [0, 0.1) is 11.8 Å². The van der Waals surface area contributed by atoms with Gasteiger partial charge in [-0.1, -0.05) is 43.7 Å². The molecule has 0 aliphatic rings. The summed E-state index contributed by atoms with van der Waals surface area (Å²) in [7, 11) is 0. The Labute approximate surface area is 115 Å². The van der Waals surface area contributed by atoms with E-state index in [1.165, 1.54) is 0 Å². The van der Waals surface area contributed by atoms with Gasteiger partial charge in [0.15, 0.2) is 0 Å². The molecule has 3 heteroatoms. The third-order valence-electron chi connectivity index (χ3n) is 2.74. The van der Waals surface area contributed by atoms with Crippen molar-refractivity contribution in [1.82, 2.24) is 5.32 Å². The number of benzene rings is 1. The van der Waals surface area contributed by atoms with Gasteiger partial charge in [0.05, 0.1) is 0 Å². The molecule has 1 rings (SSSR count). The molecule has 0 unspecified atom stereocenters. The topological polar surface area (TPSA) is 49.3 Å². The van der Waals surface area contributed by atoms with E-state index >= 15 is 0 Å². The second-order valence-corrected chi connectivity index (χ2v) is 4.39. The Morgan fingerprint density at radius 3 is 2.95 bits per heavy atom. The fraction of sp³-hybridized carbons (Fsp3) is 0.438. The maximum atomic E-state index is 11.6. The maximum absolute atomic E-state index is 11.6. The van der Waals surface area contributed by atoms with Crippen molar-refractivity contribution in [2.24, 2.45) is 0 Å². The van der Waals surface area contributed by atoms with Crippen molar-refractivity contribution in [2.45, 2.75) is 39.2 Å². The lowest BCUT2D eigenvalue weighted by molar-refractivity contribution is -0.121. The third kappa shape index (κ3) is 6.64. The molecule has 2 N–H and O–H groups in total. The van der Waals surface area contributed by atoms with E-state index in [9.17, 15) is 4.79 Å². The van der Waals surface area contributed by atoms with Gasteiger partial charge in [-0.25, -0.2) is 0 Å². The van der Waals surface area contributed by atoms with E-state index in [2.05, 4.69) is 24.1 Å². The maximum Gasteiger partial charge on any atom is 0.220 e. The minimum absolute atomic E-state index is 0.0975. The van der Waals surface area contributed by atoms with Crippen molar-refractivity contribution in [2.75, 3.05) is 6.61 Å². The predicted octanol–water partition coefficient (Wildman–Crippen LogP) is 2.23. The first kappa shape index (κ1) is 15.3. The summed E-state index contributed by atoms with van der Waals surface area (Å²) >= 11 is 0. The molecule has 0 atom stereocenters. The zero-order valence-corrected chi connectivity index (χ0v) is 11.4. The van der Waals surface area contributed by atoms with Crippen molar-refractivity contribution in [3.63, 3.8) is 0 Å². The van der Waals surface area contributed by atoms with Gasteiger partial charge in [-0.2, -0.15) is 0 Å². The molecule has 0 aliphatic carbocycles. The second-order valence-electron chi connectivity index (χ2n) is 4.39. The highest BCUT2D eigenvalue weighted by Crippen LogP contribution is 2.04. The summed E-state index contributed by atoms with van der Waals surface area (Å²) in [5.41, 5.74) is 1.88. The van der Waals surface area contributed by atoms with Gasteiger partial charge in [0, 0.05) is 18.5 Å². The Hall–Kier alpha value is -1.79. The van der Waals surface area contributed by atoms with E-state index < -0.39 is 0 Å². The minimum atomic E-state index is -0.140. The SMILES string of the molecule is CCCCCC(=O)NCc1cccc(C#CCO)c1. The molecule has 0 bridgehead atoms. The van der Waals surface area contributed by atoms with Crippen molar-refractivity contribution in [1.29, 1.82) is 0 Å². The molecule has 1 aromatic carbocycles. The molecular weight excluding hydrogens is 238 g/mol. The summed E-state index contributed by atoms with van der Waals surface area (Å²) < 4.78 is 0. The van der Waals surface area contributed by atoms with E-state index in [1.807, 2.05) is 24.3 Å². The van der Waals surface area contributed by atoms with Gasteiger partial charge in [-0.15, -0.1) is 0 Å². The highest BCUT2D eigenvalue weighted by atomic mass is 16.2. The quantitative estimate of drug-likeness (QED) is 0.608. The molecule has 0 aromatic heterocycles. The van der Waals surface area contributed by atoms with Gasteiger partial charge in [-0.3, -0.25) is 4.79 Å². The molecule has 0 saturated carbocycles. The van der Waals surface area contributed by atoms with E-state index in [0.29, 0.717) is 13.0 Å². The van der Waals surface area contributed by atoms with Gasteiger partial charge >= 0.3 is 0 Å². The molecular formula is C16H21NO2. The number of aliphatic hydroxyl groups is 1. The Balaban J connectivity index is 2.42. The third-order valence-corrected chi connectivity index (χ3v) is 2.74. The second kappa shape index (κ2) is 9.18. The van der Waals surface area contributed by atoms with Crippen LogP contribution in [0.4, 0.5) is 0 Å². The van der Waals surface area contributed by atoms with E-state index in [-0.39, 0.29) is 12.5 Å². The standard InChI is InChI=1S/C16H21NO2/c1-2-3-4-10-16(19)17-13-15-8-5-7-14(12-15)9-6-11-18/h5,7-8,12,18H,2-4,10-11,13H2,1H3,(H,17,19). The van der Waals surface area contributed by atoms with Crippen LogP contribution in [-0.4, -0.2) is 17.6 Å². The van der Waals surface area contributed by atoms with Gasteiger partial charge in [0.1, 0.15) is 6.61 Å². The number of hydrogen-bond donors (Lipinski definition) is 2. The van der Waals surface area contributed by atoms with Crippen molar-refractivity contribution in [3.8, 4) is 11.8 Å². The summed E-state index contributed by atoms with van der Waals surface area (Å²) in [5.74, 6) is 5.56. The molecule has 0 saturated heterocycles. The number of amides is 1. The first-order chi connectivity index (χ1) is 9.26. The van der Waals surface area contributed by atoms with Gasteiger partial charge in [0.2, 0.25) is 5.91 Å². The number of unbranched alkanes of at least 4 members (excludes halogenated alkanes) is 2. The number of rotatable bonds is 6. The number of aliphatic hydroxyl groups excluding tert-OH is 1. The summed E-state index contributed by atoms with van der Waals surface area (Å²) in [6.07, 6.45) is 3.76. The zero-order valence-electron chi connectivity index (χ0n) is 11.4. The molecule has 0 aliphatic heterocycles. The molecule has 102 valence electrons. The van der Waals surface area contributed by atoms with Crippen LogP contribution in [-0.2, 0) is 11.3 Å². The number of carbonyl (C=O) groups is 1. The van der Waals surface area contributed by atoms with Crippen LogP contribution in [0.15, 0.2) is 24.3 Å². The lowest BCUT2D eigenvalue weighted by Crippen LogP contribution is -2.22. The van der Waals surface area contributed by atoms with Crippen LogP contribution in [0.25, 0.3) is 0 Å². The Morgan fingerprint density at radius 2 is 2.21 bits per heavy atom. The van der Waals surface area contributed by atoms with Crippen LogP contribution in [0.1, 0.15) is 43.7 Å². The molecule has 0 spiro atoms. The van der Waals surface area contributed by atoms with Crippen LogP contribution in [0.2, 0.25) is 0 Å². The van der Waals surface area contributed by atoms with Crippen molar-refractivity contribution in [3.05, 3.63) is 35.4 Å². The summed E-state index contributed by atoms with van der Waals surface area (Å²) in [6.45, 7) is 2.51. The van der Waals surface area contributed by atoms with Crippen molar-refractivity contribution < 1.29 is 9.90 Å². The van der Waals surface area contributed by atoms with E-state index in [4.69, 9.17) is 5.11 Å². The zero-order chi connectivity index (χ0) is 13.9. The summed E-state index contributed by atoms with van der Waals surface area (Å²) in [4.78, 5) is 11.6. The molecule has 0 heterocycles. The molecule has 19 heavy (non-hydrogen) atoms. The van der Waals surface area contributed by atoms with E-state index in [1.54, 1.807) is 0 Å². The number of hydrogen-bond acceptors (Lipinski definition) is 2. The molecule has 1 amide bonds. The van der Waals surface area contributed by atoms with Crippen LogP contribution in [0.5, 0.6) is 0 Å². The van der Waals surface area contributed by atoms with Crippen LogP contribution < -0.4 is 5.32 Å². The van der Waals surface area contributed by atoms with Crippen LogP contribution >= 0.6 is 0 Å². The highest BCUT2D eigenvalue weighted by molar-refractivity contribution is 5.75. The van der Waals surface area contributed by atoms with E-state index in [0.717, 1.165) is 30.4 Å². The smallest absolute Gasteiger partial charge is 0.220 e. The fourth-order valence-corrected chi connectivity index (χ4v) is 1.73. The van der Waals surface area contributed by atoms with Crippen LogP contribution in [0.3, 0.4) is 0 Å². The first-order valence-corrected chi connectivity index (χ1v) is 6.71. The minimum Gasteiger partial charge on any atom is -0.384 e. The van der Waals surface area contributed by atoms with Gasteiger partial charge in [-0.05, 0) is 24.1 Å². The van der Waals surface area contributed by atoms with Gasteiger partial charge < -0.3 is 10.4 Å². The molecule has 0 fully saturated rings. The normalized spacial score (nSPS) is 9.58. The monoisotopic (exact) mass is 259 g/mol.